The van der Waals surface area contributed by atoms with Crippen molar-refractivity contribution in [2.75, 3.05) is 33.9 Å². The van der Waals surface area contributed by atoms with Crippen LogP contribution in [0.15, 0.2) is 71.8 Å². The quantitative estimate of drug-likeness (QED) is 0.484. The fraction of sp³-hybridized carbons (Fsp3) is 0.345. The maximum atomic E-state index is 13.5. The summed E-state index contributed by atoms with van der Waals surface area (Å²) in [5.74, 6) is 0.490. The van der Waals surface area contributed by atoms with E-state index in [9.17, 15) is 9.59 Å². The van der Waals surface area contributed by atoms with E-state index in [4.69, 9.17) is 14.6 Å². The average Bonchev–Trinajstić information content (AvgIpc) is 3.38. The van der Waals surface area contributed by atoms with Crippen LogP contribution >= 0.6 is 0 Å². The zero-order chi connectivity index (χ0) is 25.1. The average molecular weight is 486 g/mol. The van der Waals surface area contributed by atoms with Crippen molar-refractivity contribution < 1.29 is 19.1 Å². The molecule has 1 atom stereocenters. The van der Waals surface area contributed by atoms with E-state index in [2.05, 4.69) is 35.2 Å². The molecule has 36 heavy (non-hydrogen) atoms. The third-order valence-electron chi connectivity index (χ3n) is 7.23. The number of benzene rings is 3. The number of nitrogens with zero attached hydrogens (tertiary/aromatic N) is 3. The molecule has 186 valence electrons. The zero-order valence-corrected chi connectivity index (χ0v) is 20.7. The third kappa shape index (κ3) is 4.97. The number of hydrogen-bond acceptors (Lipinski definition) is 6. The summed E-state index contributed by atoms with van der Waals surface area (Å²) in [6.07, 6.45) is 2.04. The Kier molecular flexibility index (Phi) is 7.00. The first-order valence-electron chi connectivity index (χ1n) is 12.4. The molecule has 1 fully saturated rings. The molecule has 1 amide bonds. The number of methoxy groups -OCH3 is 2. The second-order valence-corrected chi connectivity index (χ2v) is 9.41. The molecule has 7 heteroatoms. The minimum absolute atomic E-state index is 0.0388. The third-order valence-corrected chi connectivity index (χ3v) is 7.23. The lowest BCUT2D eigenvalue weighted by Gasteiger charge is -2.31. The number of ether oxygens (including phenoxy) is 2. The number of amides is 1. The maximum absolute atomic E-state index is 13.5. The van der Waals surface area contributed by atoms with Crippen molar-refractivity contribution in [1.82, 2.24) is 9.91 Å². The van der Waals surface area contributed by atoms with Crippen molar-refractivity contribution in [1.29, 1.82) is 0 Å². The van der Waals surface area contributed by atoms with Crippen molar-refractivity contribution in [3.63, 3.8) is 0 Å². The Hall–Kier alpha value is -3.71. The fourth-order valence-corrected chi connectivity index (χ4v) is 5.13. The summed E-state index contributed by atoms with van der Waals surface area (Å²) in [6, 6.07) is 22.2. The predicted octanol–water partition coefficient (Wildman–Crippen LogP) is 4.41. The molecule has 0 unspecified atom stereocenters. The number of piperidine rings is 1. The zero-order valence-electron chi connectivity index (χ0n) is 20.7. The van der Waals surface area contributed by atoms with Gasteiger partial charge in [0.05, 0.1) is 38.4 Å². The topological polar surface area (TPSA) is 71.4 Å². The molecule has 3 aromatic carbocycles. The number of likely N-dealkylation sites (tertiary alicyclic amines) is 1. The number of hydrogen-bond donors (Lipinski definition) is 0. The summed E-state index contributed by atoms with van der Waals surface area (Å²) in [6.45, 7) is 1.65. The van der Waals surface area contributed by atoms with Crippen LogP contribution in [0.4, 0.5) is 0 Å². The number of fused-ring (bicyclic) bond motifs is 1. The standard InChI is InChI=1S/C29H31N3O4/c1-35-25-11-9-21(10-12-25)27-18-26(24-8-7-20-5-3-4-6-23(20)17-24)30-32(27)28(33)19-31-15-13-22(14-16-31)29(34)36-2/h3-12,17,22,27H,13-16,18-19H2,1-2H3/t27-/m1/s1. The molecule has 0 spiro atoms. The van der Waals surface area contributed by atoms with Gasteiger partial charge in [0.15, 0.2) is 0 Å². The van der Waals surface area contributed by atoms with Gasteiger partial charge in [-0.2, -0.15) is 5.10 Å². The number of esters is 1. The molecule has 0 N–H and O–H groups in total. The first-order chi connectivity index (χ1) is 17.6. The Balaban J connectivity index is 1.38. The minimum atomic E-state index is -0.183. The normalized spacial score (nSPS) is 18.8. The molecule has 2 heterocycles. The van der Waals surface area contributed by atoms with E-state index in [-0.39, 0.29) is 30.4 Å². The molecule has 7 nitrogen and oxygen atoms in total. The molecule has 0 aliphatic carbocycles. The molecule has 0 saturated carbocycles. The Labute approximate surface area is 211 Å². The van der Waals surface area contributed by atoms with E-state index in [0.717, 1.165) is 28.0 Å². The van der Waals surface area contributed by atoms with Gasteiger partial charge in [0.25, 0.3) is 5.91 Å². The minimum Gasteiger partial charge on any atom is -0.497 e. The number of hydrazone groups is 1. The van der Waals surface area contributed by atoms with Crippen LogP contribution in [0.25, 0.3) is 10.8 Å². The van der Waals surface area contributed by atoms with E-state index >= 15 is 0 Å². The molecule has 2 aliphatic heterocycles. The number of carbonyl (C=O) groups is 2. The largest absolute Gasteiger partial charge is 0.497 e. The van der Waals surface area contributed by atoms with Gasteiger partial charge in [-0.15, -0.1) is 0 Å². The molecular weight excluding hydrogens is 454 g/mol. The summed E-state index contributed by atoms with van der Waals surface area (Å²) >= 11 is 0. The van der Waals surface area contributed by atoms with Crippen molar-refractivity contribution in [3.05, 3.63) is 77.9 Å². The fourth-order valence-electron chi connectivity index (χ4n) is 5.13. The lowest BCUT2D eigenvalue weighted by molar-refractivity contribution is -0.147. The molecule has 0 radical (unpaired) electrons. The summed E-state index contributed by atoms with van der Waals surface area (Å²) in [5, 5.41) is 8.83. The molecular formula is C29H31N3O4. The highest BCUT2D eigenvalue weighted by Crippen LogP contribution is 2.34. The summed E-state index contributed by atoms with van der Waals surface area (Å²) < 4.78 is 10.2. The second kappa shape index (κ2) is 10.5. The lowest BCUT2D eigenvalue weighted by Crippen LogP contribution is -2.43. The Morgan fingerprint density at radius 1 is 0.944 bits per heavy atom. The van der Waals surface area contributed by atoms with Crippen LogP contribution in [0.1, 0.15) is 36.4 Å². The Bertz CT molecular complexity index is 1280. The van der Waals surface area contributed by atoms with Gasteiger partial charge in [-0.05, 0) is 66.0 Å². The van der Waals surface area contributed by atoms with Crippen molar-refractivity contribution >= 4 is 28.4 Å². The Morgan fingerprint density at radius 2 is 1.67 bits per heavy atom. The van der Waals surface area contributed by atoms with E-state index in [0.29, 0.717) is 32.4 Å². The van der Waals surface area contributed by atoms with Gasteiger partial charge >= 0.3 is 5.97 Å². The van der Waals surface area contributed by atoms with Crippen LogP contribution in [0.2, 0.25) is 0 Å². The molecule has 0 bridgehead atoms. The van der Waals surface area contributed by atoms with Crippen LogP contribution < -0.4 is 4.74 Å². The van der Waals surface area contributed by atoms with Gasteiger partial charge < -0.3 is 9.47 Å². The first-order valence-corrected chi connectivity index (χ1v) is 12.4. The Morgan fingerprint density at radius 3 is 2.36 bits per heavy atom. The monoisotopic (exact) mass is 485 g/mol. The first kappa shape index (κ1) is 24.0. The summed E-state index contributed by atoms with van der Waals surface area (Å²) in [4.78, 5) is 27.5. The van der Waals surface area contributed by atoms with Crippen molar-refractivity contribution in [2.45, 2.75) is 25.3 Å². The molecule has 3 aromatic rings. The van der Waals surface area contributed by atoms with E-state index in [1.54, 1.807) is 12.1 Å². The van der Waals surface area contributed by atoms with Crippen LogP contribution in [-0.4, -0.2) is 61.4 Å². The highest BCUT2D eigenvalue weighted by Gasteiger charge is 2.35. The highest BCUT2D eigenvalue weighted by molar-refractivity contribution is 6.05. The number of carbonyl (C=O) groups excluding carboxylic acids is 2. The van der Waals surface area contributed by atoms with E-state index in [1.807, 2.05) is 36.4 Å². The van der Waals surface area contributed by atoms with E-state index < -0.39 is 0 Å². The van der Waals surface area contributed by atoms with Gasteiger partial charge in [-0.3, -0.25) is 14.5 Å². The van der Waals surface area contributed by atoms with Gasteiger partial charge in [-0.1, -0.05) is 48.5 Å². The van der Waals surface area contributed by atoms with Gasteiger partial charge in [0, 0.05) is 6.42 Å². The van der Waals surface area contributed by atoms with Gasteiger partial charge in [-0.25, -0.2) is 5.01 Å². The maximum Gasteiger partial charge on any atom is 0.308 e. The van der Waals surface area contributed by atoms with Crippen LogP contribution in [0.5, 0.6) is 5.75 Å². The SMILES string of the molecule is COC(=O)C1CCN(CC(=O)N2N=C(c3ccc4ccccc4c3)C[C@@H]2c2ccc(OC)cc2)CC1. The van der Waals surface area contributed by atoms with E-state index in [1.165, 1.54) is 12.5 Å². The van der Waals surface area contributed by atoms with Crippen LogP contribution in [0.3, 0.4) is 0 Å². The summed E-state index contributed by atoms with van der Waals surface area (Å²) in [5.41, 5.74) is 2.95. The molecule has 5 rings (SSSR count). The smallest absolute Gasteiger partial charge is 0.308 e. The molecule has 0 aromatic heterocycles. The molecule has 2 aliphatic rings. The van der Waals surface area contributed by atoms with Crippen molar-refractivity contribution in [2.24, 2.45) is 11.0 Å². The van der Waals surface area contributed by atoms with Crippen molar-refractivity contribution in [3.8, 4) is 5.75 Å². The van der Waals surface area contributed by atoms with Crippen LogP contribution in [0, 0.1) is 5.92 Å². The molecule has 1 saturated heterocycles. The summed E-state index contributed by atoms with van der Waals surface area (Å²) in [7, 11) is 3.07. The lowest BCUT2D eigenvalue weighted by atomic mass is 9.96. The second-order valence-electron chi connectivity index (χ2n) is 9.41. The van der Waals surface area contributed by atoms with Gasteiger partial charge in [0.1, 0.15) is 5.75 Å². The van der Waals surface area contributed by atoms with Gasteiger partial charge in [0.2, 0.25) is 0 Å². The predicted molar refractivity (Wildman–Crippen MR) is 139 cm³/mol. The highest BCUT2D eigenvalue weighted by atomic mass is 16.5. The van der Waals surface area contributed by atoms with Crippen LogP contribution in [-0.2, 0) is 14.3 Å². The number of rotatable bonds is 6.